The Labute approximate surface area is 191 Å². The van der Waals surface area contributed by atoms with Crippen LogP contribution in [0.4, 0.5) is 13.2 Å². The Morgan fingerprint density at radius 3 is 2.47 bits per heavy atom. The molecular formula is C23H21F3N2O6. The highest BCUT2D eigenvalue weighted by Crippen LogP contribution is 2.29. The molecule has 0 radical (unpaired) electrons. The standard InChI is InChI=1S/C23H21F3N2O6/c1-13-8-21(31)34-19-9-16(6-7-17(13)19)33-12-20(30)28-18(11-29)22(32)27-10-14-2-4-15(5-3-14)23(24,25)26/h2-9,18,29H,10-12H2,1H3,(H,27,32)(H,28,30)/t18-/m0/s1. The molecule has 3 rings (SSSR count). The number of hydrogen-bond acceptors (Lipinski definition) is 6. The Hall–Kier alpha value is -3.86. The van der Waals surface area contributed by atoms with Gasteiger partial charge in [0.1, 0.15) is 17.4 Å². The second-order valence-corrected chi connectivity index (χ2v) is 7.41. The zero-order chi connectivity index (χ0) is 24.9. The molecule has 0 unspecified atom stereocenters. The van der Waals surface area contributed by atoms with E-state index in [-0.39, 0.29) is 12.3 Å². The average molecular weight is 478 g/mol. The van der Waals surface area contributed by atoms with Crippen LogP contribution in [-0.4, -0.2) is 36.2 Å². The Morgan fingerprint density at radius 1 is 1.12 bits per heavy atom. The molecule has 0 saturated carbocycles. The SMILES string of the molecule is Cc1cc(=O)oc2cc(OCC(=O)N[C@@H](CO)C(=O)NCc3ccc(C(F)(F)F)cc3)ccc12. The van der Waals surface area contributed by atoms with Gasteiger partial charge in [-0.3, -0.25) is 9.59 Å². The smallest absolute Gasteiger partial charge is 0.416 e. The number of benzene rings is 2. The van der Waals surface area contributed by atoms with Gasteiger partial charge >= 0.3 is 11.8 Å². The average Bonchev–Trinajstić information content (AvgIpc) is 2.79. The van der Waals surface area contributed by atoms with E-state index in [1.54, 1.807) is 19.1 Å². The van der Waals surface area contributed by atoms with Crippen LogP contribution in [0.2, 0.25) is 0 Å². The monoisotopic (exact) mass is 478 g/mol. The minimum Gasteiger partial charge on any atom is -0.484 e. The maximum Gasteiger partial charge on any atom is 0.416 e. The normalized spacial score (nSPS) is 12.3. The van der Waals surface area contributed by atoms with Gasteiger partial charge in [-0.15, -0.1) is 0 Å². The summed E-state index contributed by atoms with van der Waals surface area (Å²) < 4.78 is 48.3. The molecular weight excluding hydrogens is 457 g/mol. The first-order chi connectivity index (χ1) is 16.1. The molecule has 1 aromatic heterocycles. The second kappa shape index (κ2) is 10.4. The van der Waals surface area contributed by atoms with Crippen molar-refractivity contribution < 1.29 is 37.0 Å². The fourth-order valence-corrected chi connectivity index (χ4v) is 3.10. The van der Waals surface area contributed by atoms with Gasteiger partial charge in [-0.1, -0.05) is 12.1 Å². The van der Waals surface area contributed by atoms with Gasteiger partial charge in [0.2, 0.25) is 5.91 Å². The van der Waals surface area contributed by atoms with Crippen molar-refractivity contribution in [1.82, 2.24) is 10.6 Å². The van der Waals surface area contributed by atoms with Crippen LogP contribution in [0.15, 0.2) is 57.7 Å². The van der Waals surface area contributed by atoms with E-state index >= 15 is 0 Å². The maximum atomic E-state index is 12.6. The van der Waals surface area contributed by atoms with Crippen molar-refractivity contribution >= 4 is 22.8 Å². The van der Waals surface area contributed by atoms with Crippen LogP contribution in [0.25, 0.3) is 11.0 Å². The summed E-state index contributed by atoms with van der Waals surface area (Å²) in [5.41, 5.74) is 0.0908. The van der Waals surface area contributed by atoms with Gasteiger partial charge in [0.15, 0.2) is 6.61 Å². The zero-order valence-corrected chi connectivity index (χ0v) is 17.9. The summed E-state index contributed by atoms with van der Waals surface area (Å²) in [7, 11) is 0. The molecule has 180 valence electrons. The molecule has 0 aliphatic rings. The fourth-order valence-electron chi connectivity index (χ4n) is 3.10. The number of alkyl halides is 3. The summed E-state index contributed by atoms with van der Waals surface area (Å²) in [6, 6.07) is 9.00. The first kappa shape index (κ1) is 24.8. The molecule has 34 heavy (non-hydrogen) atoms. The predicted octanol–water partition coefficient (Wildman–Crippen LogP) is 2.29. The number of hydrogen-bond donors (Lipinski definition) is 3. The molecule has 3 aromatic rings. The molecule has 0 bridgehead atoms. The van der Waals surface area contributed by atoms with Gasteiger partial charge in [0.25, 0.3) is 5.91 Å². The van der Waals surface area contributed by atoms with E-state index in [1.807, 2.05) is 0 Å². The minimum atomic E-state index is -4.46. The number of aliphatic hydroxyl groups is 1. The van der Waals surface area contributed by atoms with Gasteiger partial charge in [0.05, 0.1) is 12.2 Å². The first-order valence-electron chi connectivity index (χ1n) is 10.1. The molecule has 0 aliphatic carbocycles. The summed E-state index contributed by atoms with van der Waals surface area (Å²) in [5, 5.41) is 14.9. The molecule has 8 nitrogen and oxygen atoms in total. The summed E-state index contributed by atoms with van der Waals surface area (Å²) in [5.74, 6) is -1.17. The highest BCUT2D eigenvalue weighted by Gasteiger charge is 2.30. The third-order valence-corrected chi connectivity index (χ3v) is 4.88. The number of halogens is 3. The third kappa shape index (κ3) is 6.35. The van der Waals surface area contributed by atoms with E-state index in [0.717, 1.165) is 17.7 Å². The van der Waals surface area contributed by atoms with Crippen LogP contribution in [0, 0.1) is 6.92 Å². The lowest BCUT2D eigenvalue weighted by Gasteiger charge is -2.17. The van der Waals surface area contributed by atoms with Gasteiger partial charge in [0, 0.05) is 24.1 Å². The van der Waals surface area contributed by atoms with Crippen LogP contribution >= 0.6 is 0 Å². The van der Waals surface area contributed by atoms with E-state index < -0.39 is 48.4 Å². The van der Waals surface area contributed by atoms with Crippen LogP contribution in [0.5, 0.6) is 5.75 Å². The van der Waals surface area contributed by atoms with Crippen molar-refractivity contribution in [2.24, 2.45) is 0 Å². The Bertz CT molecular complexity index is 1240. The molecule has 0 aliphatic heterocycles. The summed E-state index contributed by atoms with van der Waals surface area (Å²) in [4.78, 5) is 35.9. The summed E-state index contributed by atoms with van der Waals surface area (Å²) >= 11 is 0. The molecule has 1 atom stereocenters. The maximum absolute atomic E-state index is 12.6. The van der Waals surface area contributed by atoms with Crippen LogP contribution in [-0.2, 0) is 22.3 Å². The highest BCUT2D eigenvalue weighted by atomic mass is 19.4. The van der Waals surface area contributed by atoms with Crippen LogP contribution in [0.3, 0.4) is 0 Å². The lowest BCUT2D eigenvalue weighted by atomic mass is 10.1. The van der Waals surface area contributed by atoms with E-state index in [0.29, 0.717) is 16.5 Å². The van der Waals surface area contributed by atoms with E-state index in [1.165, 1.54) is 24.3 Å². The largest absolute Gasteiger partial charge is 0.484 e. The molecule has 2 aromatic carbocycles. The number of aliphatic hydroxyl groups excluding tert-OH is 1. The van der Waals surface area contributed by atoms with Gasteiger partial charge in [-0.2, -0.15) is 13.2 Å². The van der Waals surface area contributed by atoms with Crippen LogP contribution < -0.4 is 21.0 Å². The Balaban J connectivity index is 1.52. The Kier molecular flexibility index (Phi) is 7.57. The molecule has 11 heteroatoms. The number of fused-ring (bicyclic) bond motifs is 1. The van der Waals surface area contributed by atoms with Crippen molar-refractivity contribution in [1.29, 1.82) is 0 Å². The molecule has 0 saturated heterocycles. The predicted molar refractivity (Wildman–Crippen MR) is 115 cm³/mol. The minimum absolute atomic E-state index is 0.0957. The summed E-state index contributed by atoms with van der Waals surface area (Å²) in [6.07, 6.45) is -4.46. The third-order valence-electron chi connectivity index (χ3n) is 4.88. The number of aryl methyl sites for hydroxylation is 1. The fraction of sp³-hybridized carbons (Fsp3) is 0.261. The second-order valence-electron chi connectivity index (χ2n) is 7.41. The van der Waals surface area contributed by atoms with Gasteiger partial charge in [-0.05, 0) is 42.3 Å². The quantitative estimate of drug-likeness (QED) is 0.428. The van der Waals surface area contributed by atoms with Crippen molar-refractivity contribution in [2.45, 2.75) is 25.7 Å². The summed E-state index contributed by atoms with van der Waals surface area (Å²) in [6.45, 7) is 0.474. The van der Waals surface area contributed by atoms with Gasteiger partial charge in [-0.25, -0.2) is 4.79 Å². The number of rotatable bonds is 8. The number of ether oxygens (including phenoxy) is 1. The van der Waals surface area contributed by atoms with Crippen molar-refractivity contribution in [3.63, 3.8) is 0 Å². The van der Waals surface area contributed by atoms with Crippen molar-refractivity contribution in [3.8, 4) is 5.75 Å². The van der Waals surface area contributed by atoms with E-state index in [2.05, 4.69) is 10.6 Å². The topological polar surface area (TPSA) is 118 Å². The molecule has 0 spiro atoms. The Morgan fingerprint density at radius 2 is 1.82 bits per heavy atom. The molecule has 0 fully saturated rings. The molecule has 3 N–H and O–H groups in total. The molecule has 2 amide bonds. The van der Waals surface area contributed by atoms with Gasteiger partial charge < -0.3 is 24.9 Å². The number of carbonyl (C=O) groups excluding carboxylic acids is 2. The first-order valence-corrected chi connectivity index (χ1v) is 10.1. The van der Waals surface area contributed by atoms with Crippen molar-refractivity contribution in [3.05, 3.63) is 75.6 Å². The lowest BCUT2D eigenvalue weighted by Crippen LogP contribution is -2.49. The number of carbonyl (C=O) groups is 2. The highest BCUT2D eigenvalue weighted by molar-refractivity contribution is 5.88. The lowest BCUT2D eigenvalue weighted by molar-refractivity contribution is -0.137. The van der Waals surface area contributed by atoms with Crippen LogP contribution in [0.1, 0.15) is 16.7 Å². The number of amides is 2. The van der Waals surface area contributed by atoms with E-state index in [4.69, 9.17) is 9.15 Å². The van der Waals surface area contributed by atoms with E-state index in [9.17, 15) is 32.7 Å². The molecule has 1 heterocycles. The van der Waals surface area contributed by atoms with Crippen molar-refractivity contribution in [2.75, 3.05) is 13.2 Å². The number of nitrogens with one attached hydrogen (secondary N) is 2. The zero-order valence-electron chi connectivity index (χ0n) is 17.9.